The summed E-state index contributed by atoms with van der Waals surface area (Å²) in [5.41, 5.74) is 0. The van der Waals surface area contributed by atoms with Gasteiger partial charge >= 0.3 is 5.97 Å². The molecule has 2 N–H and O–H groups in total. The number of unbranched alkanes of at least 4 members (excludes halogenated alkanes) is 5. The molecule has 0 aromatic rings. The minimum atomic E-state index is -0.705. The van der Waals surface area contributed by atoms with Gasteiger partial charge in [-0.1, -0.05) is 19.3 Å². The molecule has 0 rings (SSSR count). The molecule has 14 heavy (non-hydrogen) atoms. The van der Waals surface area contributed by atoms with Gasteiger partial charge in [0.05, 0.1) is 5.76 Å². The normalized spacial score (nSPS) is 11.6. The molecule has 0 aliphatic carbocycles. The monoisotopic (exact) mass is 200 g/mol. The quantitative estimate of drug-likeness (QED) is 0.467. The number of carbonyl (C=O) groups is 1. The second kappa shape index (κ2) is 8.60. The van der Waals surface area contributed by atoms with E-state index in [0.717, 1.165) is 38.5 Å². The van der Waals surface area contributed by atoms with Crippen molar-refractivity contribution in [3.63, 3.8) is 0 Å². The average molecular weight is 200 g/mol. The highest BCUT2D eigenvalue weighted by molar-refractivity contribution is 5.66. The van der Waals surface area contributed by atoms with E-state index in [9.17, 15) is 4.79 Å². The predicted octanol–water partition coefficient (Wildman–Crippen LogP) is 3.26. The van der Waals surface area contributed by atoms with Crippen LogP contribution in [0.25, 0.3) is 0 Å². The minimum Gasteiger partial charge on any atom is -0.513 e. The van der Waals surface area contributed by atoms with E-state index in [1.165, 1.54) is 0 Å². The summed E-state index contributed by atoms with van der Waals surface area (Å²) in [5, 5.41) is 17.2. The number of rotatable bonds is 8. The molecule has 0 aromatic heterocycles. The van der Waals surface area contributed by atoms with E-state index in [4.69, 9.17) is 10.2 Å². The highest BCUT2D eigenvalue weighted by Gasteiger charge is 1.95. The smallest absolute Gasteiger partial charge is 0.303 e. The number of aliphatic hydroxyl groups excluding tert-OH is 1. The first-order chi connectivity index (χ1) is 6.63. The lowest BCUT2D eigenvalue weighted by atomic mass is 10.1. The number of hydrogen-bond donors (Lipinski definition) is 2. The van der Waals surface area contributed by atoms with E-state index in [-0.39, 0.29) is 6.42 Å². The molecule has 0 atom stereocenters. The van der Waals surface area contributed by atoms with Crippen LogP contribution >= 0.6 is 0 Å². The number of aliphatic carboxylic acids is 1. The van der Waals surface area contributed by atoms with Crippen LogP contribution in [0.15, 0.2) is 11.8 Å². The Hall–Kier alpha value is -0.990. The Bertz CT molecular complexity index is 181. The SMILES string of the molecule is C/C(O)=C/CCCCCCCC(=O)O. The van der Waals surface area contributed by atoms with Gasteiger partial charge in [-0.3, -0.25) is 4.79 Å². The van der Waals surface area contributed by atoms with Crippen molar-refractivity contribution >= 4 is 5.97 Å². The fraction of sp³-hybridized carbons (Fsp3) is 0.727. The standard InChI is InChI=1S/C11H20O3/c1-10(12)8-6-4-2-3-5-7-9-11(13)14/h8,12H,2-7,9H2,1H3,(H,13,14)/b10-8-. The van der Waals surface area contributed by atoms with E-state index in [1.807, 2.05) is 6.08 Å². The highest BCUT2D eigenvalue weighted by atomic mass is 16.4. The van der Waals surface area contributed by atoms with Crippen LogP contribution in [0.5, 0.6) is 0 Å². The van der Waals surface area contributed by atoms with Gasteiger partial charge in [0.1, 0.15) is 0 Å². The molecule has 0 unspecified atom stereocenters. The Morgan fingerprint density at radius 1 is 1.07 bits per heavy atom. The summed E-state index contributed by atoms with van der Waals surface area (Å²) in [6.45, 7) is 1.67. The zero-order valence-corrected chi connectivity index (χ0v) is 8.83. The molecule has 3 nitrogen and oxygen atoms in total. The first-order valence-corrected chi connectivity index (χ1v) is 5.20. The molecule has 0 radical (unpaired) electrons. The van der Waals surface area contributed by atoms with Crippen molar-refractivity contribution in [3.05, 3.63) is 11.8 Å². The molecule has 0 aromatic carbocycles. The van der Waals surface area contributed by atoms with Crippen molar-refractivity contribution in [2.24, 2.45) is 0 Å². The number of hydrogen-bond acceptors (Lipinski definition) is 2. The molecule has 0 spiro atoms. The maximum Gasteiger partial charge on any atom is 0.303 e. The molecule has 0 aliphatic rings. The average Bonchev–Trinajstić information content (AvgIpc) is 2.08. The van der Waals surface area contributed by atoms with Crippen molar-refractivity contribution in [2.45, 2.75) is 51.9 Å². The van der Waals surface area contributed by atoms with Gasteiger partial charge < -0.3 is 10.2 Å². The van der Waals surface area contributed by atoms with Crippen molar-refractivity contribution < 1.29 is 15.0 Å². The van der Waals surface area contributed by atoms with E-state index in [2.05, 4.69) is 0 Å². The highest BCUT2D eigenvalue weighted by Crippen LogP contribution is 2.08. The third-order valence-electron chi connectivity index (χ3n) is 2.03. The summed E-state index contributed by atoms with van der Waals surface area (Å²) < 4.78 is 0. The Morgan fingerprint density at radius 3 is 2.21 bits per heavy atom. The second-order valence-electron chi connectivity index (χ2n) is 3.55. The molecular weight excluding hydrogens is 180 g/mol. The van der Waals surface area contributed by atoms with Crippen molar-refractivity contribution in [1.29, 1.82) is 0 Å². The number of carboxylic acids is 1. The van der Waals surface area contributed by atoms with Gasteiger partial charge in [0.2, 0.25) is 0 Å². The predicted molar refractivity (Wildman–Crippen MR) is 56.3 cm³/mol. The summed E-state index contributed by atoms with van der Waals surface area (Å²) in [4.78, 5) is 10.2. The fourth-order valence-corrected chi connectivity index (χ4v) is 1.26. The van der Waals surface area contributed by atoms with E-state index >= 15 is 0 Å². The van der Waals surface area contributed by atoms with Gasteiger partial charge in [-0.15, -0.1) is 0 Å². The molecule has 82 valence electrons. The van der Waals surface area contributed by atoms with Gasteiger partial charge in [-0.25, -0.2) is 0 Å². The van der Waals surface area contributed by atoms with Crippen LogP contribution < -0.4 is 0 Å². The van der Waals surface area contributed by atoms with Gasteiger partial charge in [-0.05, 0) is 32.3 Å². The van der Waals surface area contributed by atoms with Crippen LogP contribution in [0.4, 0.5) is 0 Å². The summed E-state index contributed by atoms with van der Waals surface area (Å²) in [5.74, 6) is -0.320. The summed E-state index contributed by atoms with van der Waals surface area (Å²) in [7, 11) is 0. The molecular formula is C11H20O3. The van der Waals surface area contributed by atoms with Gasteiger partial charge in [0, 0.05) is 6.42 Å². The van der Waals surface area contributed by atoms with Crippen LogP contribution in [0.2, 0.25) is 0 Å². The third kappa shape index (κ3) is 11.0. The lowest BCUT2D eigenvalue weighted by Gasteiger charge is -1.98. The van der Waals surface area contributed by atoms with Crippen molar-refractivity contribution in [1.82, 2.24) is 0 Å². The Balaban J connectivity index is 3.07. The van der Waals surface area contributed by atoms with Gasteiger partial charge in [0.15, 0.2) is 0 Å². The first kappa shape index (κ1) is 13.0. The second-order valence-corrected chi connectivity index (χ2v) is 3.55. The molecule has 0 fully saturated rings. The topological polar surface area (TPSA) is 57.5 Å². The van der Waals surface area contributed by atoms with Crippen molar-refractivity contribution in [2.75, 3.05) is 0 Å². The lowest BCUT2D eigenvalue weighted by molar-refractivity contribution is -0.137. The molecule has 0 saturated heterocycles. The molecule has 0 amide bonds. The Morgan fingerprint density at radius 2 is 1.64 bits per heavy atom. The molecule has 0 heterocycles. The van der Waals surface area contributed by atoms with Crippen molar-refractivity contribution in [3.8, 4) is 0 Å². The number of aliphatic hydroxyl groups is 1. The molecule has 0 saturated carbocycles. The molecule has 0 bridgehead atoms. The zero-order chi connectivity index (χ0) is 10.8. The largest absolute Gasteiger partial charge is 0.513 e. The third-order valence-corrected chi connectivity index (χ3v) is 2.03. The lowest BCUT2D eigenvalue weighted by Crippen LogP contribution is -1.93. The Kier molecular flexibility index (Phi) is 7.99. The van der Waals surface area contributed by atoms with Gasteiger partial charge in [0.25, 0.3) is 0 Å². The van der Waals surface area contributed by atoms with Gasteiger partial charge in [-0.2, -0.15) is 0 Å². The zero-order valence-electron chi connectivity index (χ0n) is 8.83. The van der Waals surface area contributed by atoms with E-state index in [1.54, 1.807) is 6.92 Å². The fourth-order valence-electron chi connectivity index (χ4n) is 1.26. The van der Waals surface area contributed by atoms with Crippen LogP contribution in [0.3, 0.4) is 0 Å². The molecule has 3 heteroatoms. The number of carboxylic acid groups (broad SMARTS) is 1. The van der Waals surface area contributed by atoms with Crippen LogP contribution in [-0.4, -0.2) is 16.2 Å². The van der Waals surface area contributed by atoms with E-state index in [0.29, 0.717) is 5.76 Å². The maximum absolute atomic E-state index is 10.2. The Labute approximate surface area is 85.4 Å². The summed E-state index contributed by atoms with van der Waals surface area (Å²) >= 11 is 0. The van der Waals surface area contributed by atoms with Crippen LogP contribution in [-0.2, 0) is 4.79 Å². The minimum absolute atomic E-state index is 0.287. The summed E-state index contributed by atoms with van der Waals surface area (Å²) in [6, 6.07) is 0. The van der Waals surface area contributed by atoms with E-state index < -0.39 is 5.97 Å². The summed E-state index contributed by atoms with van der Waals surface area (Å²) in [6.07, 6.45) is 8.08. The van der Waals surface area contributed by atoms with Crippen LogP contribution in [0.1, 0.15) is 51.9 Å². The number of allylic oxidation sites excluding steroid dienone is 2. The first-order valence-electron chi connectivity index (χ1n) is 5.20. The van der Waals surface area contributed by atoms with Crippen LogP contribution in [0, 0.1) is 0 Å². The maximum atomic E-state index is 10.2. The molecule has 0 aliphatic heterocycles.